The summed E-state index contributed by atoms with van der Waals surface area (Å²) in [5.41, 5.74) is 2.74. The second-order valence-electron chi connectivity index (χ2n) is 11.0. The molecule has 2 aromatic rings. The van der Waals surface area contributed by atoms with Gasteiger partial charge in [0, 0.05) is 0 Å². The Morgan fingerprint density at radius 1 is 0.750 bits per heavy atom. The van der Waals surface area contributed by atoms with Gasteiger partial charge in [-0.25, -0.2) is 0 Å². The molecule has 0 heterocycles. The zero-order valence-electron chi connectivity index (χ0n) is 23.6. The van der Waals surface area contributed by atoms with E-state index in [0.29, 0.717) is 17.6 Å². The van der Waals surface area contributed by atoms with Gasteiger partial charge in [-0.1, -0.05) is 133 Å². The summed E-state index contributed by atoms with van der Waals surface area (Å²) >= 11 is 0. The molecule has 3 atom stereocenters. The maximum Gasteiger partial charge on any atom is 0.115 e. The molecular weight excluding hydrogens is 436 g/mol. The standard InChI is InChI=1S/C35H54O/c1-4-6-7-14-23-33(30(3)20-18-27-32(5-2)34-25-16-12-17-26-34)24-15-11-9-8-10-13-21-31-22-19-28-35(36)29-31/h12,16-20,22,25-26,28-30,32-33,36H,4-11,13-15,21,23-24,27H2,1-3H3. The van der Waals surface area contributed by atoms with E-state index in [1.54, 1.807) is 6.07 Å². The van der Waals surface area contributed by atoms with Gasteiger partial charge in [-0.05, 0) is 79.5 Å². The Kier molecular flexibility index (Phi) is 16.1. The molecule has 3 unspecified atom stereocenters. The first kappa shape index (κ1) is 30.2. The van der Waals surface area contributed by atoms with Crippen LogP contribution in [-0.2, 0) is 6.42 Å². The number of unbranched alkanes of at least 4 members (excludes halogenated alkanes) is 8. The number of hydrogen-bond acceptors (Lipinski definition) is 1. The minimum absolute atomic E-state index is 0.391. The van der Waals surface area contributed by atoms with Crippen molar-refractivity contribution in [3.05, 3.63) is 77.9 Å². The Bertz CT molecular complexity index is 808. The summed E-state index contributed by atoms with van der Waals surface area (Å²) in [7, 11) is 0. The number of phenols is 1. The topological polar surface area (TPSA) is 20.2 Å². The molecule has 200 valence electrons. The third kappa shape index (κ3) is 12.8. The van der Waals surface area contributed by atoms with E-state index in [-0.39, 0.29) is 0 Å². The summed E-state index contributed by atoms with van der Waals surface area (Å²) in [6.45, 7) is 7.09. The second-order valence-corrected chi connectivity index (χ2v) is 11.0. The monoisotopic (exact) mass is 490 g/mol. The lowest BCUT2D eigenvalue weighted by molar-refractivity contribution is 0.336. The number of hydrogen-bond donors (Lipinski definition) is 1. The fourth-order valence-corrected chi connectivity index (χ4v) is 5.54. The molecule has 0 spiro atoms. The number of allylic oxidation sites excluding steroid dienone is 2. The highest BCUT2D eigenvalue weighted by Crippen LogP contribution is 2.29. The molecular formula is C35H54O. The van der Waals surface area contributed by atoms with Gasteiger partial charge in [-0.15, -0.1) is 0 Å². The van der Waals surface area contributed by atoms with Gasteiger partial charge in [0.25, 0.3) is 0 Å². The highest BCUT2D eigenvalue weighted by Gasteiger charge is 2.15. The molecule has 0 aliphatic heterocycles. The predicted octanol–water partition coefficient (Wildman–Crippen LogP) is 11.0. The predicted molar refractivity (Wildman–Crippen MR) is 159 cm³/mol. The smallest absolute Gasteiger partial charge is 0.115 e. The van der Waals surface area contributed by atoms with Crippen LogP contribution in [0.3, 0.4) is 0 Å². The molecule has 0 fully saturated rings. The van der Waals surface area contributed by atoms with Gasteiger partial charge in [0.1, 0.15) is 5.75 Å². The van der Waals surface area contributed by atoms with E-state index in [4.69, 9.17) is 0 Å². The third-order valence-corrected chi connectivity index (χ3v) is 8.00. The lowest BCUT2D eigenvalue weighted by atomic mass is 9.83. The van der Waals surface area contributed by atoms with Crippen molar-refractivity contribution in [3.8, 4) is 5.75 Å². The van der Waals surface area contributed by atoms with Crippen LogP contribution >= 0.6 is 0 Å². The average molecular weight is 491 g/mol. The molecule has 0 amide bonds. The van der Waals surface area contributed by atoms with Crippen LogP contribution in [0.5, 0.6) is 5.75 Å². The fourth-order valence-electron chi connectivity index (χ4n) is 5.54. The molecule has 1 heteroatoms. The van der Waals surface area contributed by atoms with Crippen LogP contribution in [0.2, 0.25) is 0 Å². The van der Waals surface area contributed by atoms with Crippen LogP contribution in [0.1, 0.15) is 128 Å². The van der Waals surface area contributed by atoms with Crippen molar-refractivity contribution in [2.24, 2.45) is 11.8 Å². The largest absolute Gasteiger partial charge is 0.508 e. The first-order chi connectivity index (χ1) is 17.6. The molecule has 2 aromatic carbocycles. The molecule has 0 radical (unpaired) electrons. The van der Waals surface area contributed by atoms with Gasteiger partial charge in [0.05, 0.1) is 0 Å². The highest BCUT2D eigenvalue weighted by molar-refractivity contribution is 5.27. The van der Waals surface area contributed by atoms with Crippen LogP contribution in [0.25, 0.3) is 0 Å². The van der Waals surface area contributed by atoms with Crippen LogP contribution < -0.4 is 0 Å². The van der Waals surface area contributed by atoms with Crippen molar-refractivity contribution < 1.29 is 5.11 Å². The molecule has 2 rings (SSSR count). The van der Waals surface area contributed by atoms with Gasteiger partial charge in [0.15, 0.2) is 0 Å². The van der Waals surface area contributed by atoms with Crippen molar-refractivity contribution in [1.82, 2.24) is 0 Å². The Morgan fingerprint density at radius 2 is 1.42 bits per heavy atom. The third-order valence-electron chi connectivity index (χ3n) is 8.00. The van der Waals surface area contributed by atoms with Crippen LogP contribution in [0.15, 0.2) is 66.7 Å². The van der Waals surface area contributed by atoms with Gasteiger partial charge in [0.2, 0.25) is 0 Å². The van der Waals surface area contributed by atoms with E-state index in [1.807, 2.05) is 12.1 Å². The summed E-state index contributed by atoms with van der Waals surface area (Å²) in [4.78, 5) is 0. The second kappa shape index (κ2) is 19.1. The number of aromatic hydroxyl groups is 1. The maximum absolute atomic E-state index is 9.60. The molecule has 0 aromatic heterocycles. The fraction of sp³-hybridized carbons (Fsp3) is 0.600. The van der Waals surface area contributed by atoms with E-state index in [0.717, 1.165) is 18.8 Å². The number of aryl methyl sites for hydroxylation is 1. The first-order valence-electron chi connectivity index (χ1n) is 15.1. The lowest BCUT2D eigenvalue weighted by Gasteiger charge is -2.22. The Morgan fingerprint density at radius 3 is 2.08 bits per heavy atom. The average Bonchev–Trinajstić information content (AvgIpc) is 2.89. The molecule has 0 saturated carbocycles. The normalized spacial score (nSPS) is 14.2. The zero-order chi connectivity index (χ0) is 25.8. The van der Waals surface area contributed by atoms with Crippen LogP contribution in [0, 0.1) is 11.8 Å². The quantitative estimate of drug-likeness (QED) is 0.144. The van der Waals surface area contributed by atoms with Crippen LogP contribution in [0.4, 0.5) is 0 Å². The molecule has 1 nitrogen and oxygen atoms in total. The van der Waals surface area contributed by atoms with Gasteiger partial charge in [-0.2, -0.15) is 0 Å². The molecule has 0 aliphatic rings. The SMILES string of the molecule is CCCCCCC(CCCCCCCCc1cccc(O)c1)C(C)C=CCC(CC)c1ccccc1. The van der Waals surface area contributed by atoms with E-state index in [2.05, 4.69) is 69.3 Å². The summed E-state index contributed by atoms with van der Waals surface area (Å²) < 4.78 is 0. The summed E-state index contributed by atoms with van der Waals surface area (Å²) in [5, 5.41) is 9.60. The van der Waals surface area contributed by atoms with E-state index in [1.165, 1.54) is 94.6 Å². The van der Waals surface area contributed by atoms with E-state index in [9.17, 15) is 5.11 Å². The molecule has 0 bridgehead atoms. The maximum atomic E-state index is 9.60. The number of phenolic OH excluding ortho intramolecular Hbond substituents is 1. The minimum Gasteiger partial charge on any atom is -0.508 e. The van der Waals surface area contributed by atoms with E-state index < -0.39 is 0 Å². The summed E-state index contributed by atoms with van der Waals surface area (Å²) in [5.74, 6) is 2.55. The van der Waals surface area contributed by atoms with Gasteiger partial charge < -0.3 is 5.11 Å². The van der Waals surface area contributed by atoms with Crippen molar-refractivity contribution in [2.75, 3.05) is 0 Å². The summed E-state index contributed by atoms with van der Waals surface area (Å²) in [6.07, 6.45) is 24.7. The number of benzene rings is 2. The summed E-state index contributed by atoms with van der Waals surface area (Å²) in [6, 6.07) is 18.8. The first-order valence-corrected chi connectivity index (χ1v) is 15.1. The van der Waals surface area contributed by atoms with Crippen molar-refractivity contribution in [1.29, 1.82) is 0 Å². The van der Waals surface area contributed by atoms with E-state index >= 15 is 0 Å². The van der Waals surface area contributed by atoms with Gasteiger partial charge >= 0.3 is 0 Å². The molecule has 36 heavy (non-hydrogen) atoms. The molecule has 1 N–H and O–H groups in total. The van der Waals surface area contributed by atoms with Crippen molar-refractivity contribution in [3.63, 3.8) is 0 Å². The lowest BCUT2D eigenvalue weighted by Crippen LogP contribution is -2.10. The Labute approximate surface area is 223 Å². The van der Waals surface area contributed by atoms with Crippen LogP contribution in [-0.4, -0.2) is 5.11 Å². The van der Waals surface area contributed by atoms with Crippen molar-refractivity contribution in [2.45, 2.75) is 123 Å². The Hall–Kier alpha value is -2.02. The number of rotatable bonds is 20. The Balaban J connectivity index is 1.70. The zero-order valence-corrected chi connectivity index (χ0v) is 23.6. The minimum atomic E-state index is 0.391. The molecule has 0 aliphatic carbocycles. The van der Waals surface area contributed by atoms with Gasteiger partial charge in [-0.3, -0.25) is 0 Å². The highest BCUT2D eigenvalue weighted by atomic mass is 16.3. The van der Waals surface area contributed by atoms with Crippen molar-refractivity contribution >= 4 is 0 Å². The molecule has 0 saturated heterocycles.